The highest BCUT2D eigenvalue weighted by Crippen LogP contribution is 2.27. The van der Waals surface area contributed by atoms with Crippen LogP contribution < -0.4 is 4.80 Å². The van der Waals surface area contributed by atoms with Gasteiger partial charge < -0.3 is 9.30 Å². The third kappa shape index (κ3) is 5.19. The molecule has 3 heterocycles. The summed E-state index contributed by atoms with van der Waals surface area (Å²) in [5.74, 6) is -0.928. The van der Waals surface area contributed by atoms with E-state index in [9.17, 15) is 21.6 Å². The number of aromatic nitrogens is 1. The zero-order valence-corrected chi connectivity index (χ0v) is 22.0. The van der Waals surface area contributed by atoms with Crippen LogP contribution in [0.4, 0.5) is 0 Å². The van der Waals surface area contributed by atoms with Gasteiger partial charge in [0.25, 0.3) is 15.9 Å². The molecule has 1 aliphatic rings. The lowest BCUT2D eigenvalue weighted by Gasteiger charge is -2.29. The minimum Gasteiger partial charge on any atom is -0.383 e. The minimum atomic E-state index is -3.64. The number of sulfonamides is 1. The van der Waals surface area contributed by atoms with Crippen LogP contribution in [0.25, 0.3) is 10.2 Å². The molecular weight excluding hydrogens is 519 g/mol. The Kier molecular flexibility index (Phi) is 7.41. The van der Waals surface area contributed by atoms with Crippen molar-refractivity contribution in [3.05, 3.63) is 40.5 Å². The Labute approximate surface area is 206 Å². The third-order valence-electron chi connectivity index (χ3n) is 5.63. The summed E-state index contributed by atoms with van der Waals surface area (Å²) in [5.41, 5.74) is 0.756. The fourth-order valence-corrected chi connectivity index (χ4v) is 8.34. The van der Waals surface area contributed by atoms with Crippen LogP contribution in [0.1, 0.15) is 12.8 Å². The monoisotopic (exact) mass is 543 g/mol. The van der Waals surface area contributed by atoms with E-state index in [1.54, 1.807) is 36.8 Å². The SMILES string of the molecule is COCCn1c(=NC(=O)C2CCCN(S(=O)(=O)c3cccs3)C2)sc2cc(S(C)(=O)=O)ccc21. The quantitative estimate of drug-likeness (QED) is 0.452. The fourth-order valence-electron chi connectivity index (χ4n) is 3.85. The van der Waals surface area contributed by atoms with Crippen LogP contribution >= 0.6 is 22.7 Å². The average Bonchev–Trinajstić information content (AvgIpc) is 3.45. The van der Waals surface area contributed by atoms with Crippen LogP contribution in [0, 0.1) is 5.92 Å². The molecule has 1 aromatic carbocycles. The zero-order valence-electron chi connectivity index (χ0n) is 18.7. The lowest BCUT2D eigenvalue weighted by Crippen LogP contribution is -2.42. The van der Waals surface area contributed by atoms with Crippen molar-refractivity contribution in [2.24, 2.45) is 10.9 Å². The number of hydrogen-bond donors (Lipinski definition) is 0. The number of amides is 1. The molecule has 1 fully saturated rings. The zero-order chi connectivity index (χ0) is 24.5. The van der Waals surface area contributed by atoms with Crippen molar-refractivity contribution in [3.8, 4) is 0 Å². The summed E-state index contributed by atoms with van der Waals surface area (Å²) in [6.07, 6.45) is 2.28. The molecule has 1 amide bonds. The number of methoxy groups -OCH3 is 1. The molecule has 0 saturated carbocycles. The van der Waals surface area contributed by atoms with Crippen LogP contribution in [0.15, 0.2) is 49.8 Å². The summed E-state index contributed by atoms with van der Waals surface area (Å²) < 4.78 is 59.1. The maximum Gasteiger partial charge on any atom is 0.252 e. The summed E-state index contributed by atoms with van der Waals surface area (Å²) in [4.78, 5) is 18.1. The number of fused-ring (bicyclic) bond motifs is 1. The Morgan fingerprint density at radius 1 is 1.24 bits per heavy atom. The van der Waals surface area contributed by atoms with E-state index in [-0.39, 0.29) is 21.6 Å². The standard InChI is InChI=1S/C21H25N3O6S4/c1-30-11-10-24-17-8-7-16(33(2,26)27)13-18(17)32-21(24)22-20(25)15-5-3-9-23(14-15)34(28,29)19-6-4-12-31-19/h4,6-8,12-13,15H,3,5,9-11,14H2,1-2H3. The van der Waals surface area contributed by atoms with E-state index in [0.717, 1.165) is 23.1 Å². The van der Waals surface area contributed by atoms with Gasteiger partial charge in [0.2, 0.25) is 0 Å². The first-order valence-electron chi connectivity index (χ1n) is 10.6. The normalized spacial score (nSPS) is 18.5. The maximum absolute atomic E-state index is 13.1. The Morgan fingerprint density at radius 3 is 2.71 bits per heavy atom. The molecule has 0 aliphatic carbocycles. The molecule has 4 rings (SSSR count). The molecule has 1 saturated heterocycles. The molecule has 34 heavy (non-hydrogen) atoms. The molecule has 0 N–H and O–H groups in total. The maximum atomic E-state index is 13.1. The Hall–Kier alpha value is -1.90. The van der Waals surface area contributed by atoms with Gasteiger partial charge in [-0.05, 0) is 42.5 Å². The number of piperidine rings is 1. The molecule has 9 nitrogen and oxygen atoms in total. The summed E-state index contributed by atoms with van der Waals surface area (Å²) in [7, 11) is -5.44. The Morgan fingerprint density at radius 2 is 2.03 bits per heavy atom. The molecule has 1 aliphatic heterocycles. The van der Waals surface area contributed by atoms with Crippen molar-refractivity contribution in [2.45, 2.75) is 28.5 Å². The topological polar surface area (TPSA) is 115 Å². The van der Waals surface area contributed by atoms with Gasteiger partial charge in [-0.2, -0.15) is 9.30 Å². The number of hydrogen-bond acceptors (Lipinski definition) is 8. The summed E-state index contributed by atoms with van der Waals surface area (Å²) in [5, 5.41) is 1.71. The molecule has 0 radical (unpaired) electrons. The van der Waals surface area contributed by atoms with E-state index in [1.165, 1.54) is 21.7 Å². The summed E-state index contributed by atoms with van der Waals surface area (Å²) in [6, 6.07) is 8.08. The number of thiophene rings is 1. The van der Waals surface area contributed by atoms with Gasteiger partial charge in [0.15, 0.2) is 14.6 Å². The van der Waals surface area contributed by atoms with Gasteiger partial charge in [0, 0.05) is 33.0 Å². The number of rotatable bonds is 7. The van der Waals surface area contributed by atoms with E-state index in [2.05, 4.69) is 4.99 Å². The molecule has 2 aromatic heterocycles. The number of carbonyl (C=O) groups excluding carboxylic acids is 1. The molecular formula is C21H25N3O6S4. The number of carbonyl (C=O) groups is 1. The van der Waals surface area contributed by atoms with Crippen LogP contribution in [0.2, 0.25) is 0 Å². The summed E-state index contributed by atoms with van der Waals surface area (Å²) >= 11 is 2.38. The fraction of sp³-hybridized carbons (Fsp3) is 0.429. The van der Waals surface area contributed by atoms with Crippen molar-refractivity contribution in [1.82, 2.24) is 8.87 Å². The van der Waals surface area contributed by atoms with E-state index in [1.807, 2.05) is 4.57 Å². The molecule has 0 spiro atoms. The van der Waals surface area contributed by atoms with Gasteiger partial charge in [-0.1, -0.05) is 17.4 Å². The number of thiazole rings is 1. The smallest absolute Gasteiger partial charge is 0.252 e. The first kappa shape index (κ1) is 25.2. The van der Waals surface area contributed by atoms with Gasteiger partial charge in [0.05, 0.1) is 27.6 Å². The van der Waals surface area contributed by atoms with Gasteiger partial charge in [0.1, 0.15) is 4.21 Å². The summed E-state index contributed by atoms with van der Waals surface area (Å²) in [6.45, 7) is 1.28. The van der Waals surface area contributed by atoms with Gasteiger partial charge in [-0.25, -0.2) is 16.8 Å². The molecule has 0 bridgehead atoms. The highest BCUT2D eigenvalue weighted by atomic mass is 32.2. The second kappa shape index (κ2) is 9.99. The van der Waals surface area contributed by atoms with Crippen molar-refractivity contribution in [1.29, 1.82) is 0 Å². The van der Waals surface area contributed by atoms with Crippen LogP contribution in [0.3, 0.4) is 0 Å². The molecule has 13 heteroatoms. The molecule has 1 unspecified atom stereocenters. The van der Waals surface area contributed by atoms with Crippen LogP contribution in [-0.2, 0) is 35.9 Å². The van der Waals surface area contributed by atoms with Crippen molar-refractivity contribution in [3.63, 3.8) is 0 Å². The first-order chi connectivity index (χ1) is 16.1. The molecule has 184 valence electrons. The lowest BCUT2D eigenvalue weighted by atomic mass is 9.99. The van der Waals surface area contributed by atoms with Crippen molar-refractivity contribution < 1.29 is 26.4 Å². The number of nitrogens with zero attached hydrogens (tertiary/aromatic N) is 3. The average molecular weight is 544 g/mol. The first-order valence-corrected chi connectivity index (χ1v) is 15.6. The van der Waals surface area contributed by atoms with Gasteiger partial charge in [-0.15, -0.1) is 11.3 Å². The van der Waals surface area contributed by atoms with Crippen LogP contribution in [0.5, 0.6) is 0 Å². The van der Waals surface area contributed by atoms with E-state index in [4.69, 9.17) is 4.74 Å². The second-order valence-corrected chi connectivity index (χ2v) is 14.2. The van der Waals surface area contributed by atoms with Crippen LogP contribution in [-0.4, -0.2) is 64.7 Å². The van der Waals surface area contributed by atoms with E-state index < -0.39 is 25.8 Å². The predicted molar refractivity (Wildman–Crippen MR) is 131 cm³/mol. The molecule has 3 aromatic rings. The van der Waals surface area contributed by atoms with E-state index in [0.29, 0.717) is 42.0 Å². The lowest BCUT2D eigenvalue weighted by molar-refractivity contribution is -0.122. The predicted octanol–water partition coefficient (Wildman–Crippen LogP) is 2.34. The largest absolute Gasteiger partial charge is 0.383 e. The van der Waals surface area contributed by atoms with Crippen molar-refractivity contribution in [2.75, 3.05) is 33.1 Å². The highest BCUT2D eigenvalue weighted by Gasteiger charge is 2.33. The highest BCUT2D eigenvalue weighted by molar-refractivity contribution is 7.91. The van der Waals surface area contributed by atoms with Crippen molar-refractivity contribution >= 4 is 58.7 Å². The third-order valence-corrected chi connectivity index (χ3v) is 11.0. The van der Waals surface area contributed by atoms with E-state index >= 15 is 0 Å². The second-order valence-electron chi connectivity index (χ2n) is 8.02. The number of sulfone groups is 1. The Balaban J connectivity index is 1.67. The number of benzene rings is 1. The van der Waals surface area contributed by atoms with Gasteiger partial charge >= 0.3 is 0 Å². The minimum absolute atomic E-state index is 0.0871. The number of ether oxygens (including phenoxy) is 1. The van der Waals surface area contributed by atoms with Gasteiger partial charge in [-0.3, -0.25) is 4.79 Å². The Bertz CT molecular complexity index is 1470. The molecule has 1 atom stereocenters.